The average molecular weight is 368 g/mol. The van der Waals surface area contributed by atoms with Gasteiger partial charge in [-0.2, -0.15) is 0 Å². The molecule has 1 aliphatic heterocycles. The van der Waals surface area contributed by atoms with E-state index < -0.39 is 0 Å². The quantitative estimate of drug-likeness (QED) is 0.346. The van der Waals surface area contributed by atoms with Crippen LogP contribution in [0.2, 0.25) is 0 Å². The van der Waals surface area contributed by atoms with Crippen LogP contribution in [0.15, 0.2) is 84.9 Å². The number of fused-ring (bicyclic) bond motifs is 3. The molecule has 4 nitrogen and oxygen atoms in total. The number of anilines is 1. The van der Waals surface area contributed by atoms with Crippen LogP contribution in [0.5, 0.6) is 0 Å². The van der Waals surface area contributed by atoms with E-state index in [1.54, 1.807) is 12.1 Å². The first-order valence-corrected chi connectivity index (χ1v) is 9.58. The number of rotatable bonds is 3. The number of nitrogens with zero attached hydrogens (tertiary/aromatic N) is 1. The fourth-order valence-electron chi connectivity index (χ4n) is 4.61. The Morgan fingerprint density at radius 3 is 2.46 bits per heavy atom. The van der Waals surface area contributed by atoms with Crippen molar-refractivity contribution < 1.29 is 4.92 Å². The molecule has 28 heavy (non-hydrogen) atoms. The Bertz CT molecular complexity index is 1060. The lowest BCUT2D eigenvalue weighted by atomic mass is 9.76. The summed E-state index contributed by atoms with van der Waals surface area (Å²) in [6.07, 6.45) is 5.59. The third-order valence-corrected chi connectivity index (χ3v) is 5.94. The van der Waals surface area contributed by atoms with Gasteiger partial charge in [0.05, 0.1) is 11.0 Å². The van der Waals surface area contributed by atoms with E-state index in [1.165, 1.54) is 22.4 Å². The maximum absolute atomic E-state index is 11.0. The van der Waals surface area contributed by atoms with Crippen LogP contribution in [0.3, 0.4) is 0 Å². The number of non-ortho nitro benzene ring substituents is 1. The van der Waals surface area contributed by atoms with E-state index >= 15 is 0 Å². The summed E-state index contributed by atoms with van der Waals surface area (Å²) in [6.45, 7) is 0. The first-order valence-electron chi connectivity index (χ1n) is 9.58. The summed E-state index contributed by atoms with van der Waals surface area (Å²) < 4.78 is 0. The predicted octanol–water partition coefficient (Wildman–Crippen LogP) is 6.09. The van der Waals surface area contributed by atoms with E-state index in [0.717, 1.165) is 12.0 Å². The molecule has 138 valence electrons. The van der Waals surface area contributed by atoms with Crippen LogP contribution in [0.4, 0.5) is 11.4 Å². The fraction of sp³-hybridized carbons (Fsp3) is 0.167. The maximum Gasteiger partial charge on any atom is 0.269 e. The molecule has 1 aliphatic carbocycles. The second-order valence-electron chi connectivity index (χ2n) is 7.46. The number of hydrogen-bond acceptors (Lipinski definition) is 3. The van der Waals surface area contributed by atoms with E-state index in [9.17, 15) is 10.1 Å². The molecule has 0 aromatic heterocycles. The van der Waals surface area contributed by atoms with Crippen LogP contribution in [-0.4, -0.2) is 4.92 Å². The molecule has 0 saturated heterocycles. The first kappa shape index (κ1) is 16.8. The molecule has 0 bridgehead atoms. The molecule has 4 heteroatoms. The number of hydrogen-bond donors (Lipinski definition) is 1. The van der Waals surface area contributed by atoms with Gasteiger partial charge in [0.1, 0.15) is 0 Å². The molecule has 3 atom stereocenters. The summed E-state index contributed by atoms with van der Waals surface area (Å²) in [5.41, 5.74) is 6.12. The zero-order valence-corrected chi connectivity index (χ0v) is 15.3. The van der Waals surface area contributed by atoms with Crippen molar-refractivity contribution >= 4 is 11.4 Å². The number of benzene rings is 3. The van der Waals surface area contributed by atoms with E-state index in [1.807, 2.05) is 18.2 Å². The normalized spacial score (nSPS) is 22.2. The second kappa shape index (κ2) is 6.64. The number of nitro groups is 1. The molecule has 3 aromatic rings. The van der Waals surface area contributed by atoms with E-state index in [-0.39, 0.29) is 16.7 Å². The number of nitrogens with one attached hydrogen (secondary N) is 1. The van der Waals surface area contributed by atoms with E-state index in [4.69, 9.17) is 0 Å². The van der Waals surface area contributed by atoms with Crippen molar-refractivity contribution in [3.63, 3.8) is 0 Å². The molecular formula is C24H20N2O2. The fourth-order valence-corrected chi connectivity index (χ4v) is 4.61. The van der Waals surface area contributed by atoms with Crippen LogP contribution in [0, 0.1) is 16.0 Å². The molecule has 1 heterocycles. The number of nitro benzene ring substituents is 1. The van der Waals surface area contributed by atoms with Gasteiger partial charge in [0.2, 0.25) is 0 Å². The van der Waals surface area contributed by atoms with E-state index in [2.05, 4.69) is 59.9 Å². The highest BCUT2D eigenvalue weighted by molar-refractivity contribution is 5.82. The van der Waals surface area contributed by atoms with Crippen LogP contribution in [0.1, 0.15) is 29.5 Å². The van der Waals surface area contributed by atoms with Crippen molar-refractivity contribution in [3.05, 3.63) is 106 Å². The Kier molecular flexibility index (Phi) is 3.97. The van der Waals surface area contributed by atoms with Crippen molar-refractivity contribution in [1.29, 1.82) is 0 Å². The van der Waals surface area contributed by atoms with Crippen LogP contribution < -0.4 is 5.32 Å². The molecule has 0 spiro atoms. The summed E-state index contributed by atoms with van der Waals surface area (Å²) in [4.78, 5) is 10.7. The third-order valence-electron chi connectivity index (χ3n) is 5.94. The van der Waals surface area contributed by atoms with Crippen molar-refractivity contribution in [2.75, 3.05) is 5.32 Å². The summed E-state index contributed by atoms with van der Waals surface area (Å²) in [7, 11) is 0. The lowest BCUT2D eigenvalue weighted by Crippen LogP contribution is -2.29. The Labute approximate surface area is 163 Å². The van der Waals surface area contributed by atoms with Gasteiger partial charge in [-0.1, -0.05) is 72.8 Å². The van der Waals surface area contributed by atoms with Crippen molar-refractivity contribution in [2.45, 2.75) is 18.4 Å². The van der Waals surface area contributed by atoms with Gasteiger partial charge in [-0.05, 0) is 29.0 Å². The standard InChI is InChI=1S/C24H20N2O2/c27-26(28)18-14-12-17(13-15-18)23-21-10-5-9-20(21)22-11-4-8-19(24(22)25-23)16-6-2-1-3-7-16/h1-9,11-15,20-21,23,25H,10H2/t20-,21-,23-/m0/s1. The average Bonchev–Trinajstić information content (AvgIpc) is 3.24. The molecule has 0 radical (unpaired) electrons. The lowest BCUT2D eigenvalue weighted by molar-refractivity contribution is -0.384. The molecule has 0 amide bonds. The van der Waals surface area contributed by atoms with Gasteiger partial charge in [-0.25, -0.2) is 0 Å². The van der Waals surface area contributed by atoms with E-state index in [0.29, 0.717) is 11.8 Å². The van der Waals surface area contributed by atoms with Crippen LogP contribution >= 0.6 is 0 Å². The smallest absolute Gasteiger partial charge is 0.269 e. The Morgan fingerprint density at radius 2 is 1.71 bits per heavy atom. The zero-order valence-electron chi connectivity index (χ0n) is 15.3. The van der Waals surface area contributed by atoms with Gasteiger partial charge in [0, 0.05) is 29.3 Å². The summed E-state index contributed by atoms with van der Waals surface area (Å²) in [6, 6.07) is 24.0. The second-order valence-corrected chi connectivity index (χ2v) is 7.46. The lowest BCUT2D eigenvalue weighted by Gasteiger charge is -2.38. The minimum atomic E-state index is -0.346. The van der Waals surface area contributed by atoms with Gasteiger partial charge < -0.3 is 5.32 Å². The topological polar surface area (TPSA) is 55.2 Å². The van der Waals surface area contributed by atoms with Gasteiger partial charge >= 0.3 is 0 Å². The predicted molar refractivity (Wildman–Crippen MR) is 111 cm³/mol. The molecule has 0 fully saturated rings. The van der Waals surface area contributed by atoms with Crippen molar-refractivity contribution in [3.8, 4) is 11.1 Å². The highest BCUT2D eigenvalue weighted by Crippen LogP contribution is 2.52. The minimum absolute atomic E-state index is 0.123. The molecule has 1 N–H and O–H groups in total. The zero-order chi connectivity index (χ0) is 19.1. The summed E-state index contributed by atoms with van der Waals surface area (Å²) in [5, 5.41) is 14.8. The van der Waals surface area contributed by atoms with Gasteiger partial charge in [-0.15, -0.1) is 0 Å². The highest BCUT2D eigenvalue weighted by atomic mass is 16.6. The molecular weight excluding hydrogens is 348 g/mol. The Balaban J connectivity index is 1.60. The summed E-state index contributed by atoms with van der Waals surface area (Å²) in [5.74, 6) is 0.778. The maximum atomic E-state index is 11.0. The molecule has 5 rings (SSSR count). The minimum Gasteiger partial charge on any atom is -0.377 e. The van der Waals surface area contributed by atoms with Crippen molar-refractivity contribution in [2.24, 2.45) is 5.92 Å². The molecule has 0 saturated carbocycles. The largest absolute Gasteiger partial charge is 0.377 e. The first-order chi connectivity index (χ1) is 13.7. The van der Waals surface area contributed by atoms with Gasteiger partial charge in [0.15, 0.2) is 0 Å². The van der Waals surface area contributed by atoms with Gasteiger partial charge in [0.25, 0.3) is 5.69 Å². The number of para-hydroxylation sites is 1. The van der Waals surface area contributed by atoms with Gasteiger partial charge in [-0.3, -0.25) is 10.1 Å². The number of allylic oxidation sites excluding steroid dienone is 2. The highest BCUT2D eigenvalue weighted by Gasteiger charge is 2.38. The molecule has 2 aliphatic rings. The van der Waals surface area contributed by atoms with Crippen molar-refractivity contribution in [1.82, 2.24) is 0 Å². The Hall–Kier alpha value is -3.40. The monoisotopic (exact) mass is 368 g/mol. The summed E-state index contributed by atoms with van der Waals surface area (Å²) >= 11 is 0. The Morgan fingerprint density at radius 1 is 0.929 bits per heavy atom. The SMILES string of the molecule is O=[N+]([O-])c1ccc([C@@H]2Nc3c(-c4ccccc4)cccc3[C@H]3C=CC[C@@H]32)cc1. The van der Waals surface area contributed by atoms with Crippen LogP contribution in [0.25, 0.3) is 11.1 Å². The molecule has 0 unspecified atom stereocenters. The third kappa shape index (κ3) is 2.69. The molecule has 3 aromatic carbocycles. The van der Waals surface area contributed by atoms with Crippen LogP contribution in [-0.2, 0) is 0 Å².